The predicted octanol–water partition coefficient (Wildman–Crippen LogP) is 3.57. The second-order valence-corrected chi connectivity index (χ2v) is 5.28. The second-order valence-electron chi connectivity index (χ2n) is 5.28. The summed E-state index contributed by atoms with van der Waals surface area (Å²) in [7, 11) is 0. The molecule has 3 aromatic rings. The molecule has 0 aliphatic carbocycles. The zero-order valence-electron chi connectivity index (χ0n) is 13.1. The van der Waals surface area contributed by atoms with E-state index in [1.165, 1.54) is 0 Å². The van der Waals surface area contributed by atoms with Crippen molar-refractivity contribution in [3.8, 4) is 0 Å². The van der Waals surface area contributed by atoms with Gasteiger partial charge in [-0.3, -0.25) is 4.79 Å². The van der Waals surface area contributed by atoms with E-state index in [0.717, 1.165) is 5.69 Å². The first-order valence-corrected chi connectivity index (χ1v) is 7.42. The molecule has 1 aromatic heterocycles. The van der Waals surface area contributed by atoms with Crippen LogP contribution in [0.1, 0.15) is 37.7 Å². The summed E-state index contributed by atoms with van der Waals surface area (Å²) >= 11 is 0. The summed E-state index contributed by atoms with van der Waals surface area (Å²) in [4.78, 5) is 24.3. The number of rotatable bonds is 5. The molecule has 0 amide bonds. The normalized spacial score (nSPS) is 10.4. The highest BCUT2D eigenvalue weighted by Gasteiger charge is 2.12. The molecule has 0 radical (unpaired) electrons. The van der Waals surface area contributed by atoms with Gasteiger partial charge in [-0.1, -0.05) is 47.6 Å². The SMILES string of the molecule is Cc1cc(COC(=O)c2ccc(C(=O)c3ccccc3)cc2)on1. The Kier molecular flexibility index (Phi) is 4.52. The molecule has 0 aliphatic heterocycles. The van der Waals surface area contributed by atoms with Crippen molar-refractivity contribution in [1.29, 1.82) is 0 Å². The topological polar surface area (TPSA) is 69.4 Å². The summed E-state index contributed by atoms with van der Waals surface area (Å²) in [5.74, 6) is -0.0906. The standard InChI is InChI=1S/C19H15NO4/c1-13-11-17(24-20-13)12-23-19(22)16-9-7-15(8-10-16)18(21)14-5-3-2-4-6-14/h2-11H,12H2,1H3. The fourth-order valence-corrected chi connectivity index (χ4v) is 2.22. The Morgan fingerprint density at radius 2 is 1.58 bits per heavy atom. The molecule has 0 fully saturated rings. The van der Waals surface area contributed by atoms with Gasteiger partial charge in [0.25, 0.3) is 0 Å². The number of ether oxygens (including phenoxy) is 1. The molecule has 0 atom stereocenters. The Labute approximate surface area is 138 Å². The Hall–Kier alpha value is -3.21. The van der Waals surface area contributed by atoms with Gasteiger partial charge in [0.05, 0.1) is 11.3 Å². The quantitative estimate of drug-likeness (QED) is 0.531. The molecule has 0 saturated carbocycles. The van der Waals surface area contributed by atoms with Crippen LogP contribution < -0.4 is 0 Å². The summed E-state index contributed by atoms with van der Waals surface area (Å²) in [6.07, 6.45) is 0. The number of benzene rings is 2. The van der Waals surface area contributed by atoms with Gasteiger partial charge in [-0.05, 0) is 19.1 Å². The fourth-order valence-electron chi connectivity index (χ4n) is 2.22. The predicted molar refractivity (Wildman–Crippen MR) is 86.7 cm³/mol. The van der Waals surface area contributed by atoms with Gasteiger partial charge in [-0.2, -0.15) is 0 Å². The molecule has 3 rings (SSSR count). The summed E-state index contributed by atoms with van der Waals surface area (Å²) in [5.41, 5.74) is 2.22. The molecule has 1 heterocycles. The van der Waals surface area contributed by atoms with E-state index in [-0.39, 0.29) is 12.4 Å². The van der Waals surface area contributed by atoms with E-state index in [9.17, 15) is 9.59 Å². The summed E-state index contributed by atoms with van der Waals surface area (Å²) in [6.45, 7) is 1.81. The van der Waals surface area contributed by atoms with Crippen molar-refractivity contribution in [2.45, 2.75) is 13.5 Å². The van der Waals surface area contributed by atoms with E-state index in [2.05, 4.69) is 5.16 Å². The number of hydrogen-bond donors (Lipinski definition) is 0. The molecule has 120 valence electrons. The molecule has 24 heavy (non-hydrogen) atoms. The van der Waals surface area contributed by atoms with Crippen LogP contribution in [0.15, 0.2) is 65.2 Å². The third-order valence-corrected chi connectivity index (χ3v) is 3.44. The Bertz CT molecular complexity index is 851. The maximum Gasteiger partial charge on any atom is 0.338 e. The van der Waals surface area contributed by atoms with Gasteiger partial charge in [0.1, 0.15) is 0 Å². The molecular formula is C19H15NO4. The van der Waals surface area contributed by atoms with E-state index < -0.39 is 5.97 Å². The van der Waals surface area contributed by atoms with Gasteiger partial charge < -0.3 is 9.26 Å². The van der Waals surface area contributed by atoms with Crippen LogP contribution >= 0.6 is 0 Å². The van der Waals surface area contributed by atoms with Crippen molar-refractivity contribution in [2.24, 2.45) is 0 Å². The number of aryl methyl sites for hydroxylation is 1. The first kappa shape index (κ1) is 15.7. The van der Waals surface area contributed by atoms with Crippen molar-refractivity contribution < 1.29 is 18.8 Å². The lowest BCUT2D eigenvalue weighted by molar-refractivity contribution is 0.0437. The summed E-state index contributed by atoms with van der Waals surface area (Å²) in [5, 5.41) is 3.72. The maximum absolute atomic E-state index is 12.3. The molecule has 5 heteroatoms. The highest BCUT2D eigenvalue weighted by molar-refractivity contribution is 6.09. The third kappa shape index (κ3) is 3.57. The third-order valence-electron chi connectivity index (χ3n) is 3.44. The zero-order valence-corrected chi connectivity index (χ0v) is 13.1. The number of carbonyl (C=O) groups is 2. The van der Waals surface area contributed by atoms with Gasteiger partial charge in [0.15, 0.2) is 18.2 Å². The first-order chi connectivity index (χ1) is 11.6. The van der Waals surface area contributed by atoms with E-state index >= 15 is 0 Å². The van der Waals surface area contributed by atoms with Crippen LogP contribution in [0.4, 0.5) is 0 Å². The van der Waals surface area contributed by atoms with Crippen LogP contribution in [0.3, 0.4) is 0 Å². The minimum atomic E-state index is -0.484. The molecule has 0 unspecified atom stereocenters. The van der Waals surface area contributed by atoms with Crippen LogP contribution in [0.2, 0.25) is 0 Å². The minimum Gasteiger partial charge on any atom is -0.454 e. The second kappa shape index (κ2) is 6.91. The number of carbonyl (C=O) groups excluding carboxylic acids is 2. The average Bonchev–Trinajstić information content (AvgIpc) is 3.05. The van der Waals surface area contributed by atoms with Crippen molar-refractivity contribution in [1.82, 2.24) is 5.16 Å². The summed E-state index contributed by atoms with van der Waals surface area (Å²) in [6, 6.07) is 17.1. The van der Waals surface area contributed by atoms with Crippen LogP contribution in [0.5, 0.6) is 0 Å². The lowest BCUT2D eigenvalue weighted by Crippen LogP contribution is -2.06. The number of nitrogens with zero attached hydrogens (tertiary/aromatic N) is 1. The highest BCUT2D eigenvalue weighted by atomic mass is 16.5. The molecule has 0 aliphatic rings. The van der Waals surface area contributed by atoms with Gasteiger partial charge in [-0.15, -0.1) is 0 Å². The van der Waals surface area contributed by atoms with Gasteiger partial charge in [0.2, 0.25) is 0 Å². The van der Waals surface area contributed by atoms with E-state index in [4.69, 9.17) is 9.26 Å². The van der Waals surface area contributed by atoms with E-state index in [1.807, 2.05) is 18.2 Å². The Balaban J connectivity index is 1.65. The molecule has 0 N–H and O–H groups in total. The van der Waals surface area contributed by atoms with Crippen molar-refractivity contribution in [3.63, 3.8) is 0 Å². The Morgan fingerprint density at radius 1 is 0.958 bits per heavy atom. The molecule has 0 spiro atoms. The van der Waals surface area contributed by atoms with Gasteiger partial charge in [0, 0.05) is 17.2 Å². The number of aromatic nitrogens is 1. The largest absolute Gasteiger partial charge is 0.454 e. The summed E-state index contributed by atoms with van der Waals surface area (Å²) < 4.78 is 10.1. The fraction of sp³-hybridized carbons (Fsp3) is 0.105. The van der Waals surface area contributed by atoms with Crippen molar-refractivity contribution >= 4 is 11.8 Å². The molecule has 5 nitrogen and oxygen atoms in total. The average molecular weight is 321 g/mol. The Morgan fingerprint density at radius 3 is 2.21 bits per heavy atom. The molecule has 2 aromatic carbocycles. The van der Waals surface area contributed by atoms with Crippen molar-refractivity contribution in [2.75, 3.05) is 0 Å². The van der Waals surface area contributed by atoms with Gasteiger partial charge in [-0.25, -0.2) is 4.79 Å². The number of hydrogen-bond acceptors (Lipinski definition) is 5. The molecule has 0 bridgehead atoms. The number of ketones is 1. The van der Waals surface area contributed by atoms with E-state index in [0.29, 0.717) is 22.5 Å². The van der Waals surface area contributed by atoms with E-state index in [1.54, 1.807) is 49.4 Å². The van der Waals surface area contributed by atoms with Crippen LogP contribution in [-0.4, -0.2) is 16.9 Å². The molecular weight excluding hydrogens is 306 g/mol. The monoisotopic (exact) mass is 321 g/mol. The van der Waals surface area contributed by atoms with Gasteiger partial charge >= 0.3 is 5.97 Å². The van der Waals surface area contributed by atoms with Crippen LogP contribution in [0.25, 0.3) is 0 Å². The van der Waals surface area contributed by atoms with Crippen LogP contribution in [-0.2, 0) is 11.3 Å². The van der Waals surface area contributed by atoms with Crippen molar-refractivity contribution in [3.05, 3.63) is 88.8 Å². The maximum atomic E-state index is 12.3. The number of esters is 1. The zero-order chi connectivity index (χ0) is 16.9. The smallest absolute Gasteiger partial charge is 0.338 e. The highest BCUT2D eigenvalue weighted by Crippen LogP contribution is 2.13. The lowest BCUT2D eigenvalue weighted by Gasteiger charge is -2.04. The minimum absolute atomic E-state index is 0.0182. The van der Waals surface area contributed by atoms with Crippen LogP contribution in [0, 0.1) is 6.92 Å². The lowest BCUT2D eigenvalue weighted by atomic mass is 10.0. The molecule has 0 saturated heterocycles. The first-order valence-electron chi connectivity index (χ1n) is 7.42.